The average Bonchev–Trinajstić information content (AvgIpc) is 2.75. The molecule has 0 radical (unpaired) electrons. The van der Waals surface area contributed by atoms with Crippen LogP contribution >= 0.6 is 11.6 Å². The molecular weight excluding hydrogens is 400 g/mol. The van der Waals surface area contributed by atoms with Crippen LogP contribution in [0.15, 0.2) is 78.5 Å². The Hall–Kier alpha value is -3.57. The van der Waals surface area contributed by atoms with Gasteiger partial charge in [-0.15, -0.1) is 0 Å². The molecule has 152 valence electrons. The number of hydrogen-bond donors (Lipinski definition) is 2. The number of ether oxygens (including phenoxy) is 1. The highest BCUT2D eigenvalue weighted by atomic mass is 35.5. The van der Waals surface area contributed by atoms with Crippen LogP contribution in [0.2, 0.25) is 5.02 Å². The lowest BCUT2D eigenvalue weighted by molar-refractivity contribution is -0.113. The number of anilines is 1. The molecule has 0 spiro atoms. The molecule has 3 rings (SSSR count). The molecule has 3 aromatic carbocycles. The maximum absolute atomic E-state index is 12.9. The maximum Gasteiger partial charge on any atom is 0.272 e. The summed E-state index contributed by atoms with van der Waals surface area (Å²) in [6.07, 6.45) is 1.59. The molecule has 0 fully saturated rings. The Morgan fingerprint density at radius 2 is 1.60 bits per heavy atom. The predicted octanol–water partition coefficient (Wildman–Crippen LogP) is 5.07. The molecule has 2 amide bonds. The molecule has 6 heteroatoms. The summed E-state index contributed by atoms with van der Waals surface area (Å²) in [5.74, 6) is -0.229. The SMILES string of the molecule is COc1ccc(/C=C(\NC(=O)c2ccccc2Cl)C(=O)Nc2ccc(C)cc2)cc1. The number of aryl methyl sites for hydroxylation is 1. The van der Waals surface area contributed by atoms with Gasteiger partial charge in [0.25, 0.3) is 11.8 Å². The van der Waals surface area contributed by atoms with E-state index in [-0.39, 0.29) is 11.3 Å². The summed E-state index contributed by atoms with van der Waals surface area (Å²) in [7, 11) is 1.58. The molecule has 5 nitrogen and oxygen atoms in total. The fraction of sp³-hybridized carbons (Fsp3) is 0.0833. The van der Waals surface area contributed by atoms with Gasteiger partial charge in [-0.3, -0.25) is 9.59 Å². The van der Waals surface area contributed by atoms with E-state index in [1.807, 2.05) is 19.1 Å². The predicted molar refractivity (Wildman–Crippen MR) is 120 cm³/mol. The molecule has 0 bridgehead atoms. The van der Waals surface area contributed by atoms with Crippen LogP contribution in [0.1, 0.15) is 21.5 Å². The Kier molecular flexibility index (Phi) is 6.88. The van der Waals surface area contributed by atoms with Crippen LogP contribution in [0.4, 0.5) is 5.69 Å². The lowest BCUT2D eigenvalue weighted by Crippen LogP contribution is -2.30. The van der Waals surface area contributed by atoms with Crippen molar-refractivity contribution in [1.82, 2.24) is 5.32 Å². The molecule has 0 saturated carbocycles. The monoisotopic (exact) mass is 420 g/mol. The number of hydrogen-bond acceptors (Lipinski definition) is 3. The average molecular weight is 421 g/mol. The van der Waals surface area contributed by atoms with E-state index in [0.29, 0.717) is 16.5 Å². The number of halogens is 1. The molecule has 0 aliphatic rings. The minimum atomic E-state index is -0.473. The Morgan fingerprint density at radius 1 is 0.933 bits per heavy atom. The molecular formula is C24H21ClN2O3. The van der Waals surface area contributed by atoms with Gasteiger partial charge in [-0.05, 0) is 55.0 Å². The van der Waals surface area contributed by atoms with Crippen LogP contribution < -0.4 is 15.4 Å². The number of methoxy groups -OCH3 is 1. The van der Waals surface area contributed by atoms with E-state index < -0.39 is 11.8 Å². The van der Waals surface area contributed by atoms with Crippen molar-refractivity contribution in [2.24, 2.45) is 0 Å². The van der Waals surface area contributed by atoms with Crippen molar-refractivity contribution in [2.45, 2.75) is 6.92 Å². The Labute approximate surface area is 180 Å². The fourth-order valence-corrected chi connectivity index (χ4v) is 2.92. The van der Waals surface area contributed by atoms with Gasteiger partial charge in [0.2, 0.25) is 0 Å². The molecule has 0 unspecified atom stereocenters. The molecule has 0 aliphatic carbocycles. The van der Waals surface area contributed by atoms with Crippen molar-refractivity contribution >= 4 is 35.2 Å². The summed E-state index contributed by atoms with van der Waals surface area (Å²) in [6, 6.07) is 21.2. The first-order chi connectivity index (χ1) is 14.5. The van der Waals surface area contributed by atoms with Crippen LogP contribution in [0.25, 0.3) is 6.08 Å². The highest BCUT2D eigenvalue weighted by Gasteiger charge is 2.17. The van der Waals surface area contributed by atoms with Crippen LogP contribution in [0.5, 0.6) is 5.75 Å². The minimum Gasteiger partial charge on any atom is -0.497 e. The van der Waals surface area contributed by atoms with Gasteiger partial charge in [0.15, 0.2) is 0 Å². The Balaban J connectivity index is 1.89. The second-order valence-corrected chi connectivity index (χ2v) is 6.99. The molecule has 0 atom stereocenters. The molecule has 30 heavy (non-hydrogen) atoms. The lowest BCUT2D eigenvalue weighted by Gasteiger charge is -2.12. The van der Waals surface area contributed by atoms with Crippen molar-refractivity contribution in [3.63, 3.8) is 0 Å². The zero-order chi connectivity index (χ0) is 21.5. The van der Waals surface area contributed by atoms with E-state index in [0.717, 1.165) is 11.1 Å². The third kappa shape index (κ3) is 5.49. The number of carbonyl (C=O) groups is 2. The molecule has 3 aromatic rings. The number of rotatable bonds is 6. The number of nitrogens with one attached hydrogen (secondary N) is 2. The second-order valence-electron chi connectivity index (χ2n) is 6.59. The van der Waals surface area contributed by atoms with E-state index >= 15 is 0 Å². The lowest BCUT2D eigenvalue weighted by atomic mass is 10.1. The molecule has 0 heterocycles. The van der Waals surface area contributed by atoms with Crippen LogP contribution in [0.3, 0.4) is 0 Å². The first-order valence-corrected chi connectivity index (χ1v) is 9.64. The molecule has 0 aliphatic heterocycles. The van der Waals surface area contributed by atoms with Gasteiger partial charge >= 0.3 is 0 Å². The van der Waals surface area contributed by atoms with Gasteiger partial charge in [0.05, 0.1) is 17.7 Å². The Bertz CT molecular complexity index is 1070. The summed E-state index contributed by atoms with van der Waals surface area (Å²) in [4.78, 5) is 25.7. The molecule has 2 N–H and O–H groups in total. The van der Waals surface area contributed by atoms with E-state index in [2.05, 4.69) is 10.6 Å². The molecule has 0 saturated heterocycles. The van der Waals surface area contributed by atoms with Crippen molar-refractivity contribution < 1.29 is 14.3 Å². The summed E-state index contributed by atoms with van der Waals surface area (Å²) in [5, 5.41) is 5.78. The maximum atomic E-state index is 12.9. The van der Waals surface area contributed by atoms with Gasteiger partial charge in [0.1, 0.15) is 11.4 Å². The van der Waals surface area contributed by atoms with E-state index in [1.165, 1.54) is 0 Å². The molecule has 0 aromatic heterocycles. The van der Waals surface area contributed by atoms with Crippen LogP contribution in [0, 0.1) is 6.92 Å². The number of amides is 2. The van der Waals surface area contributed by atoms with Crippen LogP contribution in [-0.4, -0.2) is 18.9 Å². The first-order valence-electron chi connectivity index (χ1n) is 9.26. The van der Waals surface area contributed by atoms with E-state index in [9.17, 15) is 9.59 Å². The van der Waals surface area contributed by atoms with Gasteiger partial charge in [-0.25, -0.2) is 0 Å². The van der Waals surface area contributed by atoms with E-state index in [1.54, 1.807) is 73.8 Å². The zero-order valence-electron chi connectivity index (χ0n) is 16.6. The first kappa shape index (κ1) is 21.1. The summed E-state index contributed by atoms with van der Waals surface area (Å²) >= 11 is 6.13. The highest BCUT2D eigenvalue weighted by molar-refractivity contribution is 6.34. The largest absolute Gasteiger partial charge is 0.497 e. The quantitative estimate of drug-likeness (QED) is 0.547. The topological polar surface area (TPSA) is 67.4 Å². The van der Waals surface area contributed by atoms with Crippen LogP contribution in [-0.2, 0) is 4.79 Å². The standard InChI is InChI=1S/C24H21ClN2O3/c1-16-7-11-18(12-8-16)26-24(29)22(15-17-9-13-19(30-2)14-10-17)27-23(28)20-5-3-4-6-21(20)25/h3-15H,1-2H3,(H,26,29)(H,27,28)/b22-15-. The van der Waals surface area contributed by atoms with Crippen molar-refractivity contribution in [2.75, 3.05) is 12.4 Å². The van der Waals surface area contributed by atoms with Crippen molar-refractivity contribution in [1.29, 1.82) is 0 Å². The number of carbonyl (C=O) groups excluding carboxylic acids is 2. The Morgan fingerprint density at radius 3 is 2.23 bits per heavy atom. The van der Waals surface area contributed by atoms with Gasteiger partial charge in [-0.2, -0.15) is 0 Å². The summed E-state index contributed by atoms with van der Waals surface area (Å²) in [5.41, 5.74) is 2.80. The fourth-order valence-electron chi connectivity index (χ4n) is 2.70. The van der Waals surface area contributed by atoms with Crippen molar-refractivity contribution in [3.05, 3.63) is 100 Å². The van der Waals surface area contributed by atoms with Gasteiger partial charge in [-0.1, -0.05) is 53.6 Å². The summed E-state index contributed by atoms with van der Waals surface area (Å²) in [6.45, 7) is 1.96. The highest BCUT2D eigenvalue weighted by Crippen LogP contribution is 2.18. The zero-order valence-corrected chi connectivity index (χ0v) is 17.4. The minimum absolute atomic E-state index is 0.0886. The van der Waals surface area contributed by atoms with Gasteiger partial charge < -0.3 is 15.4 Å². The third-order valence-corrected chi connectivity index (χ3v) is 4.68. The van der Waals surface area contributed by atoms with E-state index in [4.69, 9.17) is 16.3 Å². The van der Waals surface area contributed by atoms with Crippen molar-refractivity contribution in [3.8, 4) is 5.75 Å². The van der Waals surface area contributed by atoms with Gasteiger partial charge in [0, 0.05) is 5.69 Å². The second kappa shape index (κ2) is 9.76. The summed E-state index contributed by atoms with van der Waals surface area (Å²) < 4.78 is 5.16. The number of benzene rings is 3. The normalized spacial score (nSPS) is 11.0. The third-order valence-electron chi connectivity index (χ3n) is 4.35. The smallest absolute Gasteiger partial charge is 0.272 e.